The topological polar surface area (TPSA) is 38.3 Å². The summed E-state index contributed by atoms with van der Waals surface area (Å²) in [7, 11) is 0. The largest absolute Gasteiger partial charge is 0.484 e. The highest BCUT2D eigenvalue weighted by Crippen LogP contribution is 2.16. The number of halogens is 2. The first-order valence-corrected chi connectivity index (χ1v) is 6.16. The first-order chi connectivity index (χ1) is 7.58. The zero-order valence-electron chi connectivity index (χ0n) is 8.87. The van der Waals surface area contributed by atoms with Gasteiger partial charge in [-0.05, 0) is 18.2 Å². The zero-order chi connectivity index (χ0) is 12.0. The molecule has 1 aromatic carbocycles. The monoisotopic (exact) mass is 305 g/mol. The SMILES string of the molecule is CC(Br)CNC(=O)COc1cccc(Cl)c1. The van der Waals surface area contributed by atoms with E-state index >= 15 is 0 Å². The molecule has 0 saturated heterocycles. The number of hydrogen-bond donors (Lipinski definition) is 1. The smallest absolute Gasteiger partial charge is 0.257 e. The molecule has 0 fully saturated rings. The number of nitrogens with one attached hydrogen (secondary N) is 1. The summed E-state index contributed by atoms with van der Waals surface area (Å²) in [4.78, 5) is 11.6. The molecule has 1 aromatic rings. The standard InChI is InChI=1S/C11H13BrClNO2/c1-8(12)6-14-11(15)7-16-10-4-2-3-9(13)5-10/h2-5,8H,6-7H2,1H3,(H,14,15). The van der Waals surface area contributed by atoms with E-state index in [1.807, 2.05) is 6.92 Å². The summed E-state index contributed by atoms with van der Waals surface area (Å²) in [5.41, 5.74) is 0. The molecule has 1 unspecified atom stereocenters. The van der Waals surface area contributed by atoms with Crippen molar-refractivity contribution in [1.29, 1.82) is 0 Å². The Morgan fingerprint density at radius 2 is 2.38 bits per heavy atom. The van der Waals surface area contributed by atoms with Crippen LogP contribution in [0.25, 0.3) is 0 Å². The van der Waals surface area contributed by atoms with Crippen molar-refractivity contribution in [2.75, 3.05) is 13.2 Å². The van der Waals surface area contributed by atoms with Gasteiger partial charge in [-0.25, -0.2) is 0 Å². The third-order valence-corrected chi connectivity index (χ3v) is 2.31. The lowest BCUT2D eigenvalue weighted by Crippen LogP contribution is -2.32. The molecular weight excluding hydrogens is 293 g/mol. The van der Waals surface area contributed by atoms with E-state index in [0.717, 1.165) is 0 Å². The van der Waals surface area contributed by atoms with Crippen LogP contribution in [0.15, 0.2) is 24.3 Å². The predicted molar refractivity (Wildman–Crippen MR) is 68.3 cm³/mol. The van der Waals surface area contributed by atoms with Crippen molar-refractivity contribution in [3.8, 4) is 5.75 Å². The summed E-state index contributed by atoms with van der Waals surface area (Å²) in [6.45, 7) is 2.54. The Morgan fingerprint density at radius 1 is 1.62 bits per heavy atom. The fraction of sp³-hybridized carbons (Fsp3) is 0.364. The van der Waals surface area contributed by atoms with Crippen LogP contribution in [0.3, 0.4) is 0 Å². The number of hydrogen-bond acceptors (Lipinski definition) is 2. The second-order valence-corrected chi connectivity index (χ2v) is 5.33. The van der Waals surface area contributed by atoms with E-state index in [-0.39, 0.29) is 17.3 Å². The molecular formula is C11H13BrClNO2. The van der Waals surface area contributed by atoms with Gasteiger partial charge in [0.15, 0.2) is 6.61 Å². The predicted octanol–water partition coefficient (Wildman–Crippen LogP) is 2.62. The highest BCUT2D eigenvalue weighted by Gasteiger charge is 2.04. The Kier molecular flexibility index (Phi) is 5.63. The molecule has 88 valence electrons. The van der Waals surface area contributed by atoms with Gasteiger partial charge in [0.25, 0.3) is 5.91 Å². The lowest BCUT2D eigenvalue weighted by Gasteiger charge is -2.08. The number of carbonyl (C=O) groups is 1. The number of alkyl halides is 1. The van der Waals surface area contributed by atoms with Crippen molar-refractivity contribution in [3.63, 3.8) is 0 Å². The van der Waals surface area contributed by atoms with Crippen molar-refractivity contribution < 1.29 is 9.53 Å². The molecule has 0 aromatic heterocycles. The molecule has 1 rings (SSSR count). The van der Waals surface area contributed by atoms with Gasteiger partial charge in [-0.3, -0.25) is 4.79 Å². The molecule has 1 amide bonds. The molecule has 0 heterocycles. The third-order valence-electron chi connectivity index (χ3n) is 1.75. The van der Waals surface area contributed by atoms with Gasteiger partial charge in [0.2, 0.25) is 0 Å². The van der Waals surface area contributed by atoms with E-state index in [2.05, 4.69) is 21.2 Å². The van der Waals surface area contributed by atoms with E-state index in [9.17, 15) is 4.79 Å². The van der Waals surface area contributed by atoms with Crippen LogP contribution < -0.4 is 10.1 Å². The van der Waals surface area contributed by atoms with E-state index in [0.29, 0.717) is 17.3 Å². The van der Waals surface area contributed by atoms with Crippen molar-refractivity contribution in [1.82, 2.24) is 5.32 Å². The second kappa shape index (κ2) is 6.76. The van der Waals surface area contributed by atoms with Gasteiger partial charge in [0.1, 0.15) is 5.75 Å². The summed E-state index contributed by atoms with van der Waals surface area (Å²) in [6.07, 6.45) is 0. The van der Waals surface area contributed by atoms with E-state index in [1.165, 1.54) is 0 Å². The maximum absolute atomic E-state index is 11.3. The number of carbonyl (C=O) groups excluding carboxylic acids is 1. The van der Waals surface area contributed by atoms with Gasteiger partial charge in [0, 0.05) is 16.4 Å². The molecule has 0 radical (unpaired) electrons. The Morgan fingerprint density at radius 3 is 3.00 bits per heavy atom. The average Bonchev–Trinajstić information content (AvgIpc) is 2.23. The van der Waals surface area contributed by atoms with Gasteiger partial charge in [-0.15, -0.1) is 0 Å². The quantitative estimate of drug-likeness (QED) is 0.849. The summed E-state index contributed by atoms with van der Waals surface area (Å²) in [5.74, 6) is 0.445. The Balaban J connectivity index is 2.31. The molecule has 0 aliphatic rings. The highest BCUT2D eigenvalue weighted by atomic mass is 79.9. The summed E-state index contributed by atoms with van der Waals surface area (Å²) >= 11 is 9.11. The number of benzene rings is 1. The van der Waals surface area contributed by atoms with Crippen LogP contribution in [0.1, 0.15) is 6.92 Å². The van der Waals surface area contributed by atoms with E-state index < -0.39 is 0 Å². The normalized spacial score (nSPS) is 11.9. The van der Waals surface area contributed by atoms with Crippen molar-refractivity contribution in [2.45, 2.75) is 11.8 Å². The Bertz CT molecular complexity index is 358. The van der Waals surface area contributed by atoms with Crippen LogP contribution in [-0.2, 0) is 4.79 Å². The number of rotatable bonds is 5. The molecule has 16 heavy (non-hydrogen) atoms. The van der Waals surface area contributed by atoms with Crippen LogP contribution in [0.5, 0.6) is 5.75 Å². The van der Waals surface area contributed by atoms with Crippen LogP contribution >= 0.6 is 27.5 Å². The van der Waals surface area contributed by atoms with Gasteiger partial charge >= 0.3 is 0 Å². The molecule has 5 heteroatoms. The fourth-order valence-electron chi connectivity index (χ4n) is 1.01. The average molecular weight is 307 g/mol. The van der Waals surface area contributed by atoms with Crippen molar-refractivity contribution in [3.05, 3.63) is 29.3 Å². The van der Waals surface area contributed by atoms with Crippen molar-refractivity contribution >= 4 is 33.4 Å². The van der Waals surface area contributed by atoms with E-state index in [4.69, 9.17) is 16.3 Å². The Hall–Kier alpha value is -0.740. The highest BCUT2D eigenvalue weighted by molar-refractivity contribution is 9.09. The molecule has 3 nitrogen and oxygen atoms in total. The van der Waals surface area contributed by atoms with Crippen molar-refractivity contribution in [2.24, 2.45) is 0 Å². The third kappa shape index (κ3) is 5.37. The van der Waals surface area contributed by atoms with Gasteiger partial charge in [-0.1, -0.05) is 40.5 Å². The zero-order valence-corrected chi connectivity index (χ0v) is 11.2. The van der Waals surface area contributed by atoms with Crippen LogP contribution in [-0.4, -0.2) is 23.9 Å². The van der Waals surface area contributed by atoms with Crippen LogP contribution in [0.4, 0.5) is 0 Å². The lowest BCUT2D eigenvalue weighted by molar-refractivity contribution is -0.123. The number of amides is 1. The van der Waals surface area contributed by atoms with Gasteiger partial charge in [-0.2, -0.15) is 0 Å². The van der Waals surface area contributed by atoms with E-state index in [1.54, 1.807) is 24.3 Å². The van der Waals surface area contributed by atoms with Gasteiger partial charge < -0.3 is 10.1 Å². The Labute approximate surface area is 108 Å². The van der Waals surface area contributed by atoms with Crippen LogP contribution in [0.2, 0.25) is 5.02 Å². The molecule has 0 saturated carbocycles. The first-order valence-electron chi connectivity index (χ1n) is 4.87. The van der Waals surface area contributed by atoms with Crippen LogP contribution in [0, 0.1) is 0 Å². The molecule has 0 spiro atoms. The minimum Gasteiger partial charge on any atom is -0.484 e. The second-order valence-electron chi connectivity index (χ2n) is 3.33. The molecule has 0 aliphatic carbocycles. The number of ether oxygens (including phenoxy) is 1. The summed E-state index contributed by atoms with van der Waals surface area (Å²) < 4.78 is 5.27. The summed E-state index contributed by atoms with van der Waals surface area (Å²) in [5, 5.41) is 3.31. The minimum absolute atomic E-state index is 0.0000617. The molecule has 0 bridgehead atoms. The maximum Gasteiger partial charge on any atom is 0.257 e. The van der Waals surface area contributed by atoms with Gasteiger partial charge in [0.05, 0.1) is 0 Å². The molecule has 0 aliphatic heterocycles. The maximum atomic E-state index is 11.3. The minimum atomic E-state index is -0.147. The first kappa shape index (κ1) is 13.3. The molecule has 1 N–H and O–H groups in total. The fourth-order valence-corrected chi connectivity index (χ4v) is 1.35. The lowest BCUT2D eigenvalue weighted by atomic mass is 10.3. The summed E-state index contributed by atoms with van der Waals surface area (Å²) in [6, 6.07) is 6.95. The molecule has 1 atom stereocenters.